The van der Waals surface area contributed by atoms with Gasteiger partial charge in [-0.15, -0.1) is 0 Å². The maximum atomic E-state index is 12.2. The number of allylic oxidation sites excluding steroid dienone is 1. The number of aliphatic hydroxyl groups is 1. The van der Waals surface area contributed by atoms with E-state index in [1.165, 1.54) is 5.69 Å². The van der Waals surface area contributed by atoms with Crippen molar-refractivity contribution in [1.82, 2.24) is 14.7 Å². The fourth-order valence-corrected chi connectivity index (χ4v) is 2.79. The lowest BCUT2D eigenvalue weighted by molar-refractivity contribution is -0.127. The van der Waals surface area contributed by atoms with E-state index in [0.29, 0.717) is 12.5 Å². The Hall–Kier alpha value is -1.62. The molecule has 1 saturated heterocycles. The number of likely N-dealkylation sites (tertiary alicyclic amines) is 1. The van der Waals surface area contributed by atoms with Crippen molar-refractivity contribution in [1.29, 1.82) is 0 Å². The average Bonchev–Trinajstić information content (AvgIpc) is 2.93. The van der Waals surface area contributed by atoms with Gasteiger partial charge < -0.3 is 10.0 Å². The molecule has 5 heteroatoms. The lowest BCUT2D eigenvalue weighted by atomic mass is 9.93. The normalized spacial score (nSPS) is 17.4. The van der Waals surface area contributed by atoms with Gasteiger partial charge in [0, 0.05) is 30.9 Å². The van der Waals surface area contributed by atoms with Crippen molar-refractivity contribution in [3.63, 3.8) is 0 Å². The number of hydrogen-bond donors (Lipinski definition) is 1. The molecule has 1 N–H and O–H groups in total. The van der Waals surface area contributed by atoms with Crippen molar-refractivity contribution in [2.24, 2.45) is 5.41 Å². The van der Waals surface area contributed by atoms with Crippen LogP contribution in [0.3, 0.4) is 0 Å². The summed E-state index contributed by atoms with van der Waals surface area (Å²) in [4.78, 5) is 14.1. The third-order valence-electron chi connectivity index (χ3n) is 4.01. The Balaban J connectivity index is 1.91. The van der Waals surface area contributed by atoms with Gasteiger partial charge in [0.25, 0.3) is 0 Å². The third kappa shape index (κ3) is 4.44. The molecule has 22 heavy (non-hydrogen) atoms. The van der Waals surface area contributed by atoms with Gasteiger partial charge in [-0.1, -0.05) is 26.8 Å². The second kappa shape index (κ2) is 7.09. The number of hydrogen-bond acceptors (Lipinski definition) is 3. The number of amides is 1. The summed E-state index contributed by atoms with van der Waals surface area (Å²) in [5.74, 6) is 0.530. The van der Waals surface area contributed by atoms with Gasteiger partial charge in [-0.05, 0) is 30.4 Å². The highest BCUT2D eigenvalue weighted by atomic mass is 16.3. The van der Waals surface area contributed by atoms with Gasteiger partial charge in [-0.2, -0.15) is 5.10 Å². The smallest absolute Gasteiger partial charge is 0.246 e. The van der Waals surface area contributed by atoms with E-state index in [-0.39, 0.29) is 17.9 Å². The Morgan fingerprint density at radius 2 is 2.09 bits per heavy atom. The van der Waals surface area contributed by atoms with Gasteiger partial charge in [0.05, 0.1) is 13.2 Å². The predicted octanol–water partition coefficient (Wildman–Crippen LogP) is 2.18. The zero-order chi connectivity index (χ0) is 16.2. The number of carbonyl (C=O) groups excluding carboxylic acids is 1. The van der Waals surface area contributed by atoms with Crippen LogP contribution in [0.4, 0.5) is 0 Å². The molecule has 1 aliphatic heterocycles. The molecule has 122 valence electrons. The Morgan fingerprint density at radius 1 is 1.41 bits per heavy atom. The number of nitrogens with zero attached hydrogens (tertiary/aromatic N) is 3. The summed E-state index contributed by atoms with van der Waals surface area (Å²) >= 11 is 0. The molecule has 0 atom stereocenters. The lowest BCUT2D eigenvalue weighted by Crippen LogP contribution is -2.37. The second-order valence-corrected chi connectivity index (χ2v) is 7.00. The number of aromatic nitrogens is 2. The first-order valence-electron chi connectivity index (χ1n) is 8.01. The monoisotopic (exact) mass is 305 g/mol. The quantitative estimate of drug-likeness (QED) is 0.868. The summed E-state index contributed by atoms with van der Waals surface area (Å²) < 4.78 is 1.88. The van der Waals surface area contributed by atoms with Crippen molar-refractivity contribution in [3.8, 4) is 0 Å². The highest BCUT2D eigenvalue weighted by molar-refractivity contribution is 5.87. The van der Waals surface area contributed by atoms with Gasteiger partial charge in [-0.25, -0.2) is 0 Å². The number of piperidine rings is 1. The highest BCUT2D eigenvalue weighted by Gasteiger charge is 2.25. The van der Waals surface area contributed by atoms with Crippen LogP contribution in [0, 0.1) is 5.41 Å². The molecule has 2 rings (SSSR count). The highest BCUT2D eigenvalue weighted by Crippen LogP contribution is 2.28. The topological polar surface area (TPSA) is 58.4 Å². The largest absolute Gasteiger partial charge is 0.394 e. The third-order valence-corrected chi connectivity index (χ3v) is 4.01. The zero-order valence-corrected chi connectivity index (χ0v) is 13.8. The molecule has 5 nitrogen and oxygen atoms in total. The minimum absolute atomic E-state index is 0.0325. The number of aliphatic hydroxyl groups excluding tert-OH is 1. The summed E-state index contributed by atoms with van der Waals surface area (Å²) in [5.41, 5.74) is 1.21. The summed E-state index contributed by atoms with van der Waals surface area (Å²) in [6.07, 6.45) is 7.36. The molecule has 1 amide bonds. The van der Waals surface area contributed by atoms with Crippen molar-refractivity contribution in [2.75, 3.05) is 19.7 Å². The van der Waals surface area contributed by atoms with Gasteiger partial charge in [-0.3, -0.25) is 9.48 Å². The fraction of sp³-hybridized carbons (Fsp3) is 0.647. The molecule has 1 aromatic rings. The van der Waals surface area contributed by atoms with Crippen LogP contribution in [0.15, 0.2) is 24.4 Å². The van der Waals surface area contributed by atoms with Crippen LogP contribution >= 0.6 is 0 Å². The minimum atomic E-state index is 0.0325. The lowest BCUT2D eigenvalue weighted by Gasteiger charge is -2.31. The van der Waals surface area contributed by atoms with E-state index >= 15 is 0 Å². The Labute approximate surface area is 132 Å². The van der Waals surface area contributed by atoms with Crippen molar-refractivity contribution in [2.45, 2.75) is 46.1 Å². The summed E-state index contributed by atoms with van der Waals surface area (Å²) in [6, 6.07) is 2.03. The second-order valence-electron chi connectivity index (χ2n) is 7.00. The van der Waals surface area contributed by atoms with Crippen LogP contribution in [0.25, 0.3) is 0 Å². The maximum absolute atomic E-state index is 12.2. The molecule has 1 fully saturated rings. The van der Waals surface area contributed by atoms with Crippen molar-refractivity contribution >= 4 is 5.91 Å². The predicted molar refractivity (Wildman–Crippen MR) is 86.5 cm³/mol. The first kappa shape index (κ1) is 16.7. The van der Waals surface area contributed by atoms with Crippen molar-refractivity contribution in [3.05, 3.63) is 30.1 Å². The molecule has 0 aromatic carbocycles. The Morgan fingerprint density at radius 3 is 2.68 bits per heavy atom. The fourth-order valence-electron chi connectivity index (χ4n) is 2.79. The molecule has 1 aromatic heterocycles. The SMILES string of the molecule is CC(C)(C)/C=C/C(=O)N1CCC(c2ccnn2CCO)CC1. The molecule has 0 spiro atoms. The Bertz CT molecular complexity index is 520. The maximum Gasteiger partial charge on any atom is 0.246 e. The molecule has 2 heterocycles. The summed E-state index contributed by atoms with van der Waals surface area (Å²) in [5, 5.41) is 13.3. The van der Waals surface area contributed by atoms with E-state index < -0.39 is 0 Å². The molecule has 0 radical (unpaired) electrons. The van der Waals surface area contributed by atoms with Crippen LogP contribution in [0.2, 0.25) is 0 Å². The van der Waals surface area contributed by atoms with Gasteiger partial charge in [0.1, 0.15) is 0 Å². The van der Waals surface area contributed by atoms with Crippen molar-refractivity contribution < 1.29 is 9.90 Å². The van der Waals surface area contributed by atoms with Crippen LogP contribution < -0.4 is 0 Å². The Kier molecular flexibility index (Phi) is 5.40. The van der Waals surface area contributed by atoms with Crippen LogP contribution in [-0.2, 0) is 11.3 Å². The van der Waals surface area contributed by atoms with E-state index in [2.05, 4.69) is 25.9 Å². The summed E-state index contributed by atoms with van der Waals surface area (Å²) in [6.45, 7) is 8.46. The van der Waals surface area contributed by atoms with Crippen LogP contribution in [0.1, 0.15) is 45.2 Å². The average molecular weight is 305 g/mol. The van der Waals surface area contributed by atoms with E-state index in [1.54, 1.807) is 12.3 Å². The van der Waals surface area contributed by atoms with Gasteiger partial charge >= 0.3 is 0 Å². The first-order valence-corrected chi connectivity index (χ1v) is 8.01. The first-order chi connectivity index (χ1) is 10.4. The number of rotatable bonds is 4. The minimum Gasteiger partial charge on any atom is -0.394 e. The van der Waals surface area contributed by atoms with Gasteiger partial charge in [0.15, 0.2) is 0 Å². The molecule has 1 aliphatic rings. The molecular formula is C17H27N3O2. The standard InChI is InChI=1S/C17H27N3O2/c1-17(2,3)8-4-16(22)19-10-6-14(7-11-19)15-5-9-18-20(15)12-13-21/h4-5,8-9,14,21H,6-7,10-13H2,1-3H3/b8-4+. The van der Waals surface area contributed by atoms with Gasteiger partial charge in [0.2, 0.25) is 5.91 Å². The molecule has 0 bridgehead atoms. The summed E-state index contributed by atoms with van der Waals surface area (Å²) in [7, 11) is 0. The molecule has 0 unspecified atom stereocenters. The zero-order valence-electron chi connectivity index (χ0n) is 13.8. The molecular weight excluding hydrogens is 278 g/mol. The molecule has 0 aliphatic carbocycles. The van der Waals surface area contributed by atoms with Crippen LogP contribution in [-0.4, -0.2) is 45.4 Å². The van der Waals surface area contributed by atoms with E-state index in [4.69, 9.17) is 5.11 Å². The van der Waals surface area contributed by atoms with Crippen LogP contribution in [0.5, 0.6) is 0 Å². The van der Waals surface area contributed by atoms with E-state index in [1.807, 2.05) is 21.7 Å². The number of carbonyl (C=O) groups is 1. The van der Waals surface area contributed by atoms with E-state index in [9.17, 15) is 4.79 Å². The molecule has 0 saturated carbocycles. The van der Waals surface area contributed by atoms with E-state index in [0.717, 1.165) is 25.9 Å².